The van der Waals surface area contributed by atoms with E-state index in [4.69, 9.17) is 15.7 Å². The fourth-order valence-electron chi connectivity index (χ4n) is 4.51. The van der Waals surface area contributed by atoms with Crippen molar-refractivity contribution >= 4 is 22.4 Å². The Balaban J connectivity index is 1.51. The van der Waals surface area contributed by atoms with Gasteiger partial charge in [0.05, 0.1) is 17.4 Å². The Labute approximate surface area is 195 Å². The van der Waals surface area contributed by atoms with Gasteiger partial charge in [0.1, 0.15) is 17.3 Å². The number of fused-ring (bicyclic) bond motifs is 1. The van der Waals surface area contributed by atoms with Gasteiger partial charge in [0.2, 0.25) is 0 Å². The van der Waals surface area contributed by atoms with Crippen molar-refractivity contribution in [1.29, 1.82) is 0 Å². The smallest absolute Gasteiger partial charge is 0.162 e. The van der Waals surface area contributed by atoms with E-state index >= 15 is 0 Å². The molecule has 2 fully saturated rings. The highest BCUT2D eigenvalue weighted by Crippen LogP contribution is 2.45. The number of hydrogen-bond acceptors (Lipinski definition) is 7. The average molecular weight is 460 g/mol. The Morgan fingerprint density at radius 3 is 2.65 bits per heavy atom. The summed E-state index contributed by atoms with van der Waals surface area (Å²) in [5.41, 5.74) is 8.17. The van der Waals surface area contributed by atoms with E-state index in [1.54, 1.807) is 24.5 Å². The standard InChI is InChI=1S/C25H23F2N7/c26-18-4-3-16(22(27)23(18)28)19-11-15(5-6-31-19)24-32-20-13-30-12-17(14-1-2-14)21(20)25(33-24)34-9-7-29-8-10-34/h3-6,11-14,29H,1-2,7-10,28H2. The van der Waals surface area contributed by atoms with Gasteiger partial charge in [-0.2, -0.15) is 0 Å². The summed E-state index contributed by atoms with van der Waals surface area (Å²) in [6, 6.07) is 5.97. The van der Waals surface area contributed by atoms with Crippen molar-refractivity contribution in [2.75, 3.05) is 36.8 Å². The van der Waals surface area contributed by atoms with E-state index in [2.05, 4.69) is 20.2 Å². The van der Waals surface area contributed by atoms with Gasteiger partial charge in [0, 0.05) is 55.1 Å². The number of rotatable bonds is 4. The van der Waals surface area contributed by atoms with Gasteiger partial charge in [-0.1, -0.05) is 0 Å². The molecule has 4 heterocycles. The molecule has 0 amide bonds. The molecule has 3 N–H and O–H groups in total. The molecule has 4 aromatic rings. The van der Waals surface area contributed by atoms with Gasteiger partial charge in [0.15, 0.2) is 11.6 Å². The van der Waals surface area contributed by atoms with Gasteiger partial charge in [-0.25, -0.2) is 18.7 Å². The topological polar surface area (TPSA) is 92.8 Å². The van der Waals surface area contributed by atoms with Crippen molar-refractivity contribution in [3.05, 3.63) is 60.1 Å². The molecule has 0 bridgehead atoms. The Kier molecular flexibility index (Phi) is 5.06. The summed E-state index contributed by atoms with van der Waals surface area (Å²) in [6.45, 7) is 3.46. The maximum atomic E-state index is 14.7. The lowest BCUT2D eigenvalue weighted by atomic mass is 10.1. The third kappa shape index (κ3) is 3.62. The lowest BCUT2D eigenvalue weighted by Crippen LogP contribution is -2.44. The number of halogens is 2. The molecule has 0 radical (unpaired) electrons. The maximum absolute atomic E-state index is 14.7. The van der Waals surface area contributed by atoms with Crippen LogP contribution in [0.2, 0.25) is 0 Å². The minimum atomic E-state index is -0.830. The molecule has 1 saturated carbocycles. The van der Waals surface area contributed by atoms with Gasteiger partial charge in [-0.15, -0.1) is 0 Å². The first-order valence-corrected chi connectivity index (χ1v) is 11.4. The van der Waals surface area contributed by atoms with Crippen LogP contribution in [0.1, 0.15) is 24.3 Å². The monoisotopic (exact) mass is 459 g/mol. The number of nitrogens with one attached hydrogen (secondary N) is 1. The maximum Gasteiger partial charge on any atom is 0.162 e. The number of benzene rings is 1. The Bertz CT molecular complexity index is 1400. The van der Waals surface area contributed by atoms with E-state index in [9.17, 15) is 8.78 Å². The van der Waals surface area contributed by atoms with Crippen molar-refractivity contribution in [1.82, 2.24) is 25.3 Å². The molecule has 1 saturated heterocycles. The van der Waals surface area contributed by atoms with Crippen LogP contribution < -0.4 is 16.0 Å². The summed E-state index contributed by atoms with van der Waals surface area (Å²) in [5, 5.41) is 4.45. The van der Waals surface area contributed by atoms with E-state index in [0.29, 0.717) is 23.0 Å². The molecule has 0 unspecified atom stereocenters. The summed E-state index contributed by atoms with van der Waals surface area (Å²) < 4.78 is 28.3. The highest BCUT2D eigenvalue weighted by Gasteiger charge is 2.29. The molecule has 0 spiro atoms. The normalized spacial score (nSPS) is 16.2. The largest absolute Gasteiger partial charge is 0.394 e. The molecule has 0 atom stereocenters. The van der Waals surface area contributed by atoms with E-state index in [1.807, 2.05) is 6.20 Å². The highest BCUT2D eigenvalue weighted by molar-refractivity contribution is 5.94. The minimum absolute atomic E-state index is 0.126. The number of nitrogen functional groups attached to an aromatic ring is 1. The Morgan fingerprint density at radius 1 is 1.03 bits per heavy atom. The average Bonchev–Trinajstić information content (AvgIpc) is 3.72. The number of nitrogens with zero attached hydrogens (tertiary/aromatic N) is 5. The summed E-state index contributed by atoms with van der Waals surface area (Å²) in [6.07, 6.45) is 7.61. The van der Waals surface area contributed by atoms with Crippen LogP contribution in [0.3, 0.4) is 0 Å². The van der Waals surface area contributed by atoms with Gasteiger partial charge < -0.3 is 16.0 Å². The van der Waals surface area contributed by atoms with Gasteiger partial charge in [-0.3, -0.25) is 9.97 Å². The molecule has 9 heteroatoms. The third-order valence-corrected chi connectivity index (χ3v) is 6.47. The molecule has 2 aliphatic rings. The Hall–Kier alpha value is -3.72. The van der Waals surface area contributed by atoms with Crippen molar-refractivity contribution in [2.45, 2.75) is 18.8 Å². The van der Waals surface area contributed by atoms with Crippen LogP contribution in [-0.4, -0.2) is 46.1 Å². The first-order valence-electron chi connectivity index (χ1n) is 11.4. The van der Waals surface area contributed by atoms with Crippen LogP contribution in [0.25, 0.3) is 33.5 Å². The van der Waals surface area contributed by atoms with Crippen molar-refractivity contribution < 1.29 is 8.78 Å². The molecular formula is C25H23F2N7. The highest BCUT2D eigenvalue weighted by atomic mass is 19.1. The fraction of sp³-hybridized carbons (Fsp3) is 0.280. The van der Waals surface area contributed by atoms with E-state index in [0.717, 1.165) is 61.8 Å². The number of hydrogen-bond donors (Lipinski definition) is 2. The second kappa shape index (κ2) is 8.25. The quantitative estimate of drug-likeness (QED) is 0.447. The molecule has 1 aromatic carbocycles. The SMILES string of the molecule is Nc1c(F)ccc(-c2cc(-c3nc(N4CCNCC4)c4c(C5CC5)cncc4n3)ccn2)c1F. The van der Waals surface area contributed by atoms with Crippen LogP contribution in [0.15, 0.2) is 42.9 Å². The number of pyridine rings is 2. The van der Waals surface area contributed by atoms with Crippen LogP contribution in [0, 0.1) is 11.6 Å². The zero-order chi connectivity index (χ0) is 23.2. The van der Waals surface area contributed by atoms with Gasteiger partial charge in [-0.05, 0) is 48.6 Å². The number of nitrogens with two attached hydrogens (primary N) is 1. The minimum Gasteiger partial charge on any atom is -0.394 e. The summed E-state index contributed by atoms with van der Waals surface area (Å²) in [4.78, 5) is 20.9. The molecule has 7 nitrogen and oxygen atoms in total. The second-order valence-corrected chi connectivity index (χ2v) is 8.76. The van der Waals surface area contributed by atoms with Crippen LogP contribution in [-0.2, 0) is 0 Å². The third-order valence-electron chi connectivity index (χ3n) is 6.47. The zero-order valence-corrected chi connectivity index (χ0v) is 18.4. The lowest BCUT2D eigenvalue weighted by Gasteiger charge is -2.30. The zero-order valence-electron chi connectivity index (χ0n) is 18.4. The lowest BCUT2D eigenvalue weighted by molar-refractivity contribution is 0.586. The number of piperazine rings is 1. The molecular weight excluding hydrogens is 436 g/mol. The number of anilines is 2. The van der Waals surface area contributed by atoms with E-state index < -0.39 is 17.3 Å². The Morgan fingerprint density at radius 2 is 1.85 bits per heavy atom. The van der Waals surface area contributed by atoms with Crippen LogP contribution >= 0.6 is 0 Å². The fourth-order valence-corrected chi connectivity index (χ4v) is 4.51. The predicted molar refractivity (Wildman–Crippen MR) is 127 cm³/mol. The molecule has 34 heavy (non-hydrogen) atoms. The first kappa shape index (κ1) is 20.9. The molecule has 3 aromatic heterocycles. The van der Waals surface area contributed by atoms with E-state index in [-0.39, 0.29) is 5.56 Å². The molecule has 1 aliphatic carbocycles. The van der Waals surface area contributed by atoms with Crippen molar-refractivity contribution in [3.8, 4) is 22.6 Å². The molecule has 172 valence electrons. The van der Waals surface area contributed by atoms with E-state index in [1.165, 1.54) is 11.6 Å². The van der Waals surface area contributed by atoms with Crippen LogP contribution in [0.4, 0.5) is 20.3 Å². The number of aromatic nitrogens is 4. The van der Waals surface area contributed by atoms with Gasteiger partial charge >= 0.3 is 0 Å². The predicted octanol–water partition coefficient (Wildman–Crippen LogP) is 3.90. The van der Waals surface area contributed by atoms with Crippen molar-refractivity contribution in [2.24, 2.45) is 0 Å². The molecule has 1 aliphatic heterocycles. The van der Waals surface area contributed by atoms with Gasteiger partial charge in [0.25, 0.3) is 0 Å². The second-order valence-electron chi connectivity index (χ2n) is 8.76. The molecule has 6 rings (SSSR count). The van der Waals surface area contributed by atoms with Crippen molar-refractivity contribution in [3.63, 3.8) is 0 Å². The summed E-state index contributed by atoms with van der Waals surface area (Å²) >= 11 is 0. The summed E-state index contributed by atoms with van der Waals surface area (Å²) in [5.74, 6) is 0.293. The summed E-state index contributed by atoms with van der Waals surface area (Å²) in [7, 11) is 0. The first-order chi connectivity index (χ1) is 16.6. The van der Waals surface area contributed by atoms with Crippen LogP contribution in [0.5, 0.6) is 0 Å².